The molecule has 0 heterocycles. The fourth-order valence-electron chi connectivity index (χ4n) is 2.11. The molecular weight excluding hydrogens is 269 g/mol. The van der Waals surface area contributed by atoms with Crippen LogP contribution in [0.1, 0.15) is 40.0 Å². The Bertz CT molecular complexity index is 125. The van der Waals surface area contributed by atoms with Crippen LogP contribution in [0.15, 0.2) is 0 Å². The fraction of sp³-hybridized carbons (Fsp3) is 1.00. The molecule has 0 aromatic rings. The Morgan fingerprint density at radius 2 is 1.83 bits per heavy atom. The third kappa shape index (κ3) is 4.03. The molecule has 0 aromatic heterocycles. The van der Waals surface area contributed by atoms with Crippen LogP contribution in [-0.2, 0) is 0 Å². The minimum Gasteiger partial charge on any atom is -0.852 e. The summed E-state index contributed by atoms with van der Waals surface area (Å²) < 4.78 is 0. The summed E-state index contributed by atoms with van der Waals surface area (Å²) in [6.45, 7) is 6.54. The molecule has 1 nitrogen and oxygen atoms in total. The monoisotopic (exact) mass is 288 g/mol. The summed E-state index contributed by atoms with van der Waals surface area (Å²) in [6, 6.07) is 0. The van der Waals surface area contributed by atoms with Crippen LogP contribution in [0.5, 0.6) is 0 Å². The average Bonchev–Trinajstić information content (AvgIpc) is 1.85. The van der Waals surface area contributed by atoms with Gasteiger partial charge in [0.25, 0.3) is 0 Å². The van der Waals surface area contributed by atoms with Crippen molar-refractivity contribution in [3.8, 4) is 0 Å². The average molecular weight is 288 g/mol. The Balaban J connectivity index is 0.00000121. The van der Waals surface area contributed by atoms with Gasteiger partial charge in [0.2, 0.25) is 0 Å². The predicted molar refractivity (Wildman–Crippen MR) is 45.1 cm³/mol. The number of rotatable bonds is 1. The Labute approximate surface area is 135 Å². The van der Waals surface area contributed by atoms with Gasteiger partial charge in [-0.1, -0.05) is 46.0 Å². The van der Waals surface area contributed by atoms with E-state index in [1.165, 1.54) is 6.42 Å². The summed E-state index contributed by atoms with van der Waals surface area (Å²) in [4.78, 5) is 0. The molecule has 0 aliphatic heterocycles. The first-order chi connectivity index (χ1) is 5.11. The van der Waals surface area contributed by atoms with Crippen molar-refractivity contribution in [2.75, 3.05) is 0 Å². The van der Waals surface area contributed by atoms with E-state index >= 15 is 0 Å². The summed E-state index contributed by atoms with van der Waals surface area (Å²) in [7, 11) is 0. The van der Waals surface area contributed by atoms with Crippen LogP contribution in [-0.4, -0.2) is 6.10 Å². The second-order valence-corrected chi connectivity index (χ2v) is 4.36. The molecule has 1 rings (SSSR count). The molecular formula is C10H19CsO. The normalized spacial score (nSPS) is 36.2. The van der Waals surface area contributed by atoms with Crippen molar-refractivity contribution >= 4 is 0 Å². The van der Waals surface area contributed by atoms with E-state index in [-0.39, 0.29) is 75.0 Å². The molecule has 0 unspecified atom stereocenters. The summed E-state index contributed by atoms with van der Waals surface area (Å²) >= 11 is 0. The quantitative estimate of drug-likeness (QED) is 0.595. The van der Waals surface area contributed by atoms with Crippen molar-refractivity contribution in [2.24, 2.45) is 17.8 Å². The van der Waals surface area contributed by atoms with Gasteiger partial charge in [-0.15, -0.1) is 6.10 Å². The maximum Gasteiger partial charge on any atom is 1.00 e. The number of hydrogen-bond donors (Lipinski definition) is 0. The molecule has 0 bridgehead atoms. The molecule has 0 N–H and O–H groups in total. The zero-order valence-electron chi connectivity index (χ0n) is 8.84. The van der Waals surface area contributed by atoms with Gasteiger partial charge < -0.3 is 5.11 Å². The Hall–Kier alpha value is 2.01. The van der Waals surface area contributed by atoms with Crippen LogP contribution in [0.4, 0.5) is 0 Å². The minimum absolute atomic E-state index is 0. The third-order valence-electron chi connectivity index (χ3n) is 2.96. The van der Waals surface area contributed by atoms with E-state index in [4.69, 9.17) is 0 Å². The van der Waals surface area contributed by atoms with Gasteiger partial charge in [0.1, 0.15) is 0 Å². The van der Waals surface area contributed by atoms with Gasteiger partial charge in [0, 0.05) is 0 Å². The van der Waals surface area contributed by atoms with Gasteiger partial charge in [-0.05, 0) is 11.8 Å². The van der Waals surface area contributed by atoms with Crippen molar-refractivity contribution in [3.05, 3.63) is 0 Å². The zero-order valence-corrected chi connectivity index (χ0v) is 15.1. The van der Waals surface area contributed by atoms with Crippen molar-refractivity contribution in [1.82, 2.24) is 0 Å². The molecule has 0 aromatic carbocycles. The standard InChI is InChI=1S/C10H19O.Cs/c1-7(2)9-5-4-8(3)6-10(9)11;/h7-10H,4-6H2,1-3H3;/q-1;+1/t8-,9+,10-;/m1./s1. The maximum absolute atomic E-state index is 11.5. The van der Waals surface area contributed by atoms with Crippen molar-refractivity contribution in [1.29, 1.82) is 0 Å². The molecule has 1 aliphatic carbocycles. The molecule has 3 atom stereocenters. The smallest absolute Gasteiger partial charge is 0.852 e. The Kier molecular flexibility index (Phi) is 7.57. The molecule has 66 valence electrons. The van der Waals surface area contributed by atoms with Gasteiger partial charge in [0.15, 0.2) is 0 Å². The summed E-state index contributed by atoms with van der Waals surface area (Å²) in [5.41, 5.74) is 0. The van der Waals surface area contributed by atoms with E-state index in [1.807, 2.05) is 0 Å². The van der Waals surface area contributed by atoms with E-state index in [2.05, 4.69) is 20.8 Å². The van der Waals surface area contributed by atoms with Crippen molar-refractivity contribution < 1.29 is 74.0 Å². The van der Waals surface area contributed by atoms with E-state index in [9.17, 15) is 5.11 Å². The molecule has 12 heavy (non-hydrogen) atoms. The van der Waals surface area contributed by atoms with Crippen LogP contribution >= 0.6 is 0 Å². The summed E-state index contributed by atoms with van der Waals surface area (Å²) in [5.74, 6) is 1.71. The van der Waals surface area contributed by atoms with Crippen LogP contribution in [0.25, 0.3) is 0 Å². The SMILES string of the molecule is CC(C)[C@@H]1CC[C@@H](C)C[C@H]1[O-].[Cs+]. The van der Waals surface area contributed by atoms with Gasteiger partial charge in [-0.25, -0.2) is 0 Å². The summed E-state index contributed by atoms with van der Waals surface area (Å²) in [5, 5.41) is 11.5. The van der Waals surface area contributed by atoms with Crippen LogP contribution in [0.3, 0.4) is 0 Å². The predicted octanol–water partition coefficient (Wildman–Crippen LogP) is -1.19. The topological polar surface area (TPSA) is 23.1 Å². The first kappa shape index (κ1) is 14.0. The first-order valence-electron chi connectivity index (χ1n) is 4.77. The summed E-state index contributed by atoms with van der Waals surface area (Å²) in [6.07, 6.45) is 3.05. The van der Waals surface area contributed by atoms with Gasteiger partial charge >= 0.3 is 68.9 Å². The fourth-order valence-corrected chi connectivity index (χ4v) is 2.11. The number of hydrogen-bond acceptors (Lipinski definition) is 1. The van der Waals surface area contributed by atoms with E-state index in [0.717, 1.165) is 12.8 Å². The van der Waals surface area contributed by atoms with Gasteiger partial charge in [0.05, 0.1) is 0 Å². The van der Waals surface area contributed by atoms with Crippen LogP contribution < -0.4 is 74.0 Å². The van der Waals surface area contributed by atoms with E-state index in [1.54, 1.807) is 0 Å². The van der Waals surface area contributed by atoms with Crippen LogP contribution in [0.2, 0.25) is 0 Å². The van der Waals surface area contributed by atoms with Crippen molar-refractivity contribution in [2.45, 2.75) is 46.1 Å². The van der Waals surface area contributed by atoms with Gasteiger partial charge in [-0.3, -0.25) is 0 Å². The molecule has 1 saturated carbocycles. The molecule has 2 heteroatoms. The molecule has 0 saturated heterocycles. The third-order valence-corrected chi connectivity index (χ3v) is 2.96. The minimum atomic E-state index is -0.279. The van der Waals surface area contributed by atoms with Crippen LogP contribution in [0, 0.1) is 17.8 Å². The van der Waals surface area contributed by atoms with Gasteiger partial charge in [-0.2, -0.15) is 0 Å². The van der Waals surface area contributed by atoms with E-state index in [0.29, 0.717) is 17.8 Å². The maximum atomic E-state index is 11.5. The molecule has 0 radical (unpaired) electrons. The second kappa shape index (κ2) is 6.49. The largest absolute Gasteiger partial charge is 1.00 e. The molecule has 1 aliphatic rings. The second-order valence-electron chi connectivity index (χ2n) is 4.36. The molecule has 0 spiro atoms. The zero-order chi connectivity index (χ0) is 8.43. The van der Waals surface area contributed by atoms with E-state index < -0.39 is 0 Å². The van der Waals surface area contributed by atoms with Crippen molar-refractivity contribution in [3.63, 3.8) is 0 Å². The first-order valence-corrected chi connectivity index (χ1v) is 4.77. The molecule has 0 amide bonds. The molecule has 1 fully saturated rings. The Morgan fingerprint density at radius 1 is 1.25 bits per heavy atom. The Morgan fingerprint density at radius 3 is 2.25 bits per heavy atom.